The van der Waals surface area contributed by atoms with Crippen molar-refractivity contribution in [3.63, 3.8) is 0 Å². The van der Waals surface area contributed by atoms with Crippen molar-refractivity contribution in [1.29, 1.82) is 0 Å². The molecule has 0 aromatic rings. The van der Waals surface area contributed by atoms with Crippen LogP contribution in [-0.2, 0) is 10.0 Å². The molecule has 0 aromatic carbocycles. The molecule has 3 N–H and O–H groups in total. The van der Waals surface area contributed by atoms with Crippen LogP contribution in [0.4, 0.5) is 0 Å². The molecule has 0 aromatic heterocycles. The molecule has 0 fully saturated rings. The van der Waals surface area contributed by atoms with E-state index in [2.05, 4.69) is 11.3 Å². The SMILES string of the molecule is C=C(C)/C=C(C)\C=C(/N)NS(C)(=O)=O. The van der Waals surface area contributed by atoms with E-state index in [0.29, 0.717) is 0 Å². The quantitative estimate of drug-likeness (QED) is 0.684. The third-order valence-electron chi connectivity index (χ3n) is 1.16. The Hall–Kier alpha value is -1.23. The zero-order valence-corrected chi connectivity index (χ0v) is 9.48. The summed E-state index contributed by atoms with van der Waals surface area (Å²) in [6.07, 6.45) is 4.39. The lowest BCUT2D eigenvalue weighted by atomic mass is 10.2. The Balaban J connectivity index is 4.62. The molecule has 0 amide bonds. The normalized spacial score (nSPS) is 13.9. The molecule has 0 saturated carbocycles. The minimum atomic E-state index is -3.29. The summed E-state index contributed by atoms with van der Waals surface area (Å²) in [4.78, 5) is 0. The van der Waals surface area contributed by atoms with Crippen LogP contribution in [0.2, 0.25) is 0 Å². The van der Waals surface area contributed by atoms with Crippen LogP contribution in [0.1, 0.15) is 13.8 Å². The summed E-state index contributed by atoms with van der Waals surface area (Å²) in [6, 6.07) is 0. The highest BCUT2D eigenvalue weighted by molar-refractivity contribution is 7.88. The first kappa shape index (κ1) is 12.8. The third-order valence-corrected chi connectivity index (χ3v) is 1.77. The fraction of sp³-hybridized carbons (Fsp3) is 0.333. The predicted molar refractivity (Wildman–Crippen MR) is 58.8 cm³/mol. The molecule has 0 rings (SSSR count). The van der Waals surface area contributed by atoms with Crippen molar-refractivity contribution in [1.82, 2.24) is 4.72 Å². The van der Waals surface area contributed by atoms with E-state index in [1.54, 1.807) is 6.08 Å². The molecule has 0 aliphatic rings. The monoisotopic (exact) mass is 216 g/mol. The van der Waals surface area contributed by atoms with Crippen molar-refractivity contribution in [2.45, 2.75) is 13.8 Å². The maximum Gasteiger partial charge on any atom is 0.230 e. The van der Waals surface area contributed by atoms with Crippen molar-refractivity contribution in [2.24, 2.45) is 5.73 Å². The standard InChI is InChI=1S/C9H16N2O2S/c1-7(2)5-8(3)6-9(10)11-14(4,12)13/h5-6,11H,1,10H2,2-4H3/b8-5-,9-6+. The summed E-state index contributed by atoms with van der Waals surface area (Å²) in [7, 11) is -3.29. The largest absolute Gasteiger partial charge is 0.385 e. The Kier molecular flexibility index (Phi) is 4.43. The highest BCUT2D eigenvalue weighted by Crippen LogP contribution is 2.01. The Morgan fingerprint density at radius 1 is 1.36 bits per heavy atom. The van der Waals surface area contributed by atoms with Gasteiger partial charge in [-0.1, -0.05) is 18.2 Å². The highest BCUT2D eigenvalue weighted by atomic mass is 32.2. The molecule has 0 bridgehead atoms. The topological polar surface area (TPSA) is 72.2 Å². The maximum absolute atomic E-state index is 10.8. The van der Waals surface area contributed by atoms with Crippen molar-refractivity contribution < 1.29 is 8.42 Å². The number of hydrogen-bond donors (Lipinski definition) is 2. The van der Waals surface area contributed by atoms with Crippen LogP contribution in [0.15, 0.2) is 35.7 Å². The van der Waals surface area contributed by atoms with Gasteiger partial charge in [-0.15, -0.1) is 0 Å². The van der Waals surface area contributed by atoms with Gasteiger partial charge >= 0.3 is 0 Å². The lowest BCUT2D eigenvalue weighted by Gasteiger charge is -2.03. The van der Waals surface area contributed by atoms with E-state index in [4.69, 9.17) is 5.73 Å². The number of rotatable bonds is 4. The van der Waals surface area contributed by atoms with Crippen LogP contribution >= 0.6 is 0 Å². The second-order valence-electron chi connectivity index (χ2n) is 3.21. The number of hydrogen-bond acceptors (Lipinski definition) is 3. The van der Waals surface area contributed by atoms with Gasteiger partial charge in [0.05, 0.1) is 6.26 Å². The van der Waals surface area contributed by atoms with Gasteiger partial charge in [-0.3, -0.25) is 4.72 Å². The summed E-state index contributed by atoms with van der Waals surface area (Å²) in [6.45, 7) is 7.35. The molecule has 0 heterocycles. The molecule has 0 spiro atoms. The van der Waals surface area contributed by atoms with Gasteiger partial charge in [0.25, 0.3) is 0 Å². The third kappa shape index (κ3) is 7.42. The van der Waals surface area contributed by atoms with Crippen molar-refractivity contribution in [3.8, 4) is 0 Å². The van der Waals surface area contributed by atoms with Crippen LogP contribution in [0.5, 0.6) is 0 Å². The Bertz CT molecular complexity index is 378. The molecule has 0 aliphatic heterocycles. The molecule has 80 valence electrons. The van der Waals surface area contributed by atoms with Crippen LogP contribution in [-0.4, -0.2) is 14.7 Å². The second kappa shape index (κ2) is 4.85. The van der Waals surface area contributed by atoms with E-state index in [1.807, 2.05) is 13.8 Å². The zero-order valence-electron chi connectivity index (χ0n) is 8.66. The summed E-state index contributed by atoms with van der Waals surface area (Å²) >= 11 is 0. The van der Waals surface area contributed by atoms with E-state index in [0.717, 1.165) is 17.4 Å². The van der Waals surface area contributed by atoms with E-state index in [9.17, 15) is 8.42 Å². The Morgan fingerprint density at radius 3 is 2.21 bits per heavy atom. The minimum Gasteiger partial charge on any atom is -0.385 e. The van der Waals surface area contributed by atoms with Gasteiger partial charge in [-0.25, -0.2) is 8.42 Å². The smallest absolute Gasteiger partial charge is 0.230 e. The molecular formula is C9H16N2O2S. The van der Waals surface area contributed by atoms with Crippen molar-refractivity contribution in [3.05, 3.63) is 35.7 Å². The number of sulfonamides is 1. The van der Waals surface area contributed by atoms with E-state index in [1.165, 1.54) is 6.08 Å². The summed E-state index contributed by atoms with van der Waals surface area (Å²) < 4.78 is 23.7. The van der Waals surface area contributed by atoms with Gasteiger partial charge < -0.3 is 5.73 Å². The average molecular weight is 216 g/mol. The number of nitrogens with two attached hydrogens (primary N) is 1. The van der Waals surface area contributed by atoms with Gasteiger partial charge in [0.15, 0.2) is 0 Å². The molecule has 0 saturated heterocycles. The first-order valence-electron chi connectivity index (χ1n) is 3.99. The Morgan fingerprint density at radius 2 is 1.86 bits per heavy atom. The second-order valence-corrected chi connectivity index (χ2v) is 4.96. The zero-order chi connectivity index (χ0) is 11.4. The van der Waals surface area contributed by atoms with Crippen molar-refractivity contribution in [2.75, 3.05) is 6.26 Å². The molecule has 0 aliphatic carbocycles. The Labute approximate surface area is 85.2 Å². The molecule has 0 atom stereocenters. The lowest BCUT2D eigenvalue weighted by molar-refractivity contribution is 0.594. The summed E-state index contributed by atoms with van der Waals surface area (Å²) in [5.41, 5.74) is 7.16. The van der Waals surface area contributed by atoms with Gasteiger partial charge in [0.1, 0.15) is 5.82 Å². The van der Waals surface area contributed by atoms with Crippen LogP contribution in [0.3, 0.4) is 0 Å². The molecular weight excluding hydrogens is 200 g/mol. The number of nitrogens with one attached hydrogen (secondary N) is 1. The van der Waals surface area contributed by atoms with Crippen LogP contribution < -0.4 is 10.5 Å². The first-order valence-corrected chi connectivity index (χ1v) is 5.88. The van der Waals surface area contributed by atoms with E-state index < -0.39 is 10.0 Å². The molecule has 0 radical (unpaired) electrons. The fourth-order valence-electron chi connectivity index (χ4n) is 0.919. The molecule has 4 nitrogen and oxygen atoms in total. The van der Waals surface area contributed by atoms with E-state index >= 15 is 0 Å². The van der Waals surface area contributed by atoms with Gasteiger partial charge in [-0.2, -0.15) is 0 Å². The fourth-order valence-corrected chi connectivity index (χ4v) is 1.41. The average Bonchev–Trinajstić information content (AvgIpc) is 1.77. The maximum atomic E-state index is 10.8. The predicted octanol–water partition coefficient (Wildman–Crippen LogP) is 0.858. The summed E-state index contributed by atoms with van der Waals surface area (Å²) in [5.74, 6) is 0.0995. The summed E-state index contributed by atoms with van der Waals surface area (Å²) in [5, 5.41) is 0. The number of allylic oxidation sites excluding steroid dienone is 4. The first-order chi connectivity index (χ1) is 6.20. The van der Waals surface area contributed by atoms with Gasteiger partial charge in [0.2, 0.25) is 10.0 Å². The van der Waals surface area contributed by atoms with Crippen molar-refractivity contribution >= 4 is 10.0 Å². The molecule has 0 unspecified atom stereocenters. The lowest BCUT2D eigenvalue weighted by Crippen LogP contribution is -2.26. The molecule has 5 heteroatoms. The van der Waals surface area contributed by atoms with E-state index in [-0.39, 0.29) is 5.82 Å². The van der Waals surface area contributed by atoms with Gasteiger partial charge in [0, 0.05) is 0 Å². The minimum absolute atomic E-state index is 0.0995. The molecule has 14 heavy (non-hydrogen) atoms. The van der Waals surface area contributed by atoms with Gasteiger partial charge in [-0.05, 0) is 25.5 Å². The van der Waals surface area contributed by atoms with Crippen LogP contribution in [0.25, 0.3) is 0 Å². The highest BCUT2D eigenvalue weighted by Gasteiger charge is 1.99. The van der Waals surface area contributed by atoms with Crippen LogP contribution in [0, 0.1) is 0 Å².